The van der Waals surface area contributed by atoms with E-state index in [-0.39, 0.29) is 0 Å². The number of aromatic nitrogens is 1. The van der Waals surface area contributed by atoms with E-state index in [0.29, 0.717) is 0 Å². The zero-order chi connectivity index (χ0) is 10.3. The van der Waals surface area contributed by atoms with Crippen molar-refractivity contribution >= 4 is 6.08 Å². The average Bonchev–Trinajstić information content (AvgIpc) is 2.06. The zero-order valence-electron chi connectivity index (χ0n) is 9.09. The van der Waals surface area contributed by atoms with Gasteiger partial charge in [0.15, 0.2) is 0 Å². The molecule has 13 heavy (non-hydrogen) atoms. The van der Waals surface area contributed by atoms with Crippen molar-refractivity contribution in [3.05, 3.63) is 35.7 Å². The number of hydrogen-bond acceptors (Lipinski definition) is 1. The van der Waals surface area contributed by atoms with Crippen LogP contribution < -0.4 is 0 Å². The van der Waals surface area contributed by atoms with Crippen LogP contribution >= 0.6 is 0 Å². The Morgan fingerprint density at radius 3 is 2.23 bits per heavy atom. The number of aryl methyl sites for hydroxylation is 2. The summed E-state index contributed by atoms with van der Waals surface area (Å²) in [6.07, 6.45) is 4.91. The molecule has 1 rings (SSSR count). The highest BCUT2D eigenvalue weighted by molar-refractivity contribution is 5.53. The van der Waals surface area contributed by atoms with Gasteiger partial charge >= 0.3 is 0 Å². The molecule has 1 aromatic heterocycles. The molecule has 0 aliphatic rings. The van der Waals surface area contributed by atoms with Gasteiger partial charge in [0, 0.05) is 11.9 Å². The standard InChI is InChI=1S/C9H11N.C3H8/c1-4-9-7(2)5-6-10-8(9)3;1-3-2/h4-6H,1H2,2-3H3;3H2,1-2H3. The van der Waals surface area contributed by atoms with Gasteiger partial charge in [0.1, 0.15) is 0 Å². The first kappa shape index (κ1) is 11.9. The van der Waals surface area contributed by atoms with Crippen LogP contribution in [0.2, 0.25) is 0 Å². The predicted molar refractivity (Wildman–Crippen MR) is 59.8 cm³/mol. The van der Waals surface area contributed by atoms with Gasteiger partial charge in [-0.25, -0.2) is 0 Å². The highest BCUT2D eigenvalue weighted by Crippen LogP contribution is 2.10. The molecule has 1 nitrogen and oxygen atoms in total. The monoisotopic (exact) mass is 177 g/mol. The van der Waals surface area contributed by atoms with E-state index >= 15 is 0 Å². The van der Waals surface area contributed by atoms with Crippen molar-refractivity contribution < 1.29 is 0 Å². The molecule has 72 valence electrons. The first-order chi connectivity index (χ1) is 6.17. The third kappa shape index (κ3) is 3.88. The molecule has 1 heteroatoms. The minimum atomic E-state index is 1.05. The fourth-order valence-electron chi connectivity index (χ4n) is 1.01. The molecule has 0 spiro atoms. The third-order valence-corrected chi connectivity index (χ3v) is 1.61. The molecular formula is C12H19N. The Morgan fingerprint density at radius 1 is 1.38 bits per heavy atom. The zero-order valence-corrected chi connectivity index (χ0v) is 9.09. The molecule has 0 unspecified atom stereocenters. The first-order valence-corrected chi connectivity index (χ1v) is 4.71. The van der Waals surface area contributed by atoms with Gasteiger partial charge in [0.05, 0.1) is 0 Å². The molecule has 0 radical (unpaired) electrons. The molecule has 0 fully saturated rings. The van der Waals surface area contributed by atoms with Crippen molar-refractivity contribution in [2.75, 3.05) is 0 Å². The van der Waals surface area contributed by atoms with Gasteiger partial charge in [-0.1, -0.05) is 32.9 Å². The summed E-state index contributed by atoms with van der Waals surface area (Å²) in [4.78, 5) is 4.14. The van der Waals surface area contributed by atoms with Crippen molar-refractivity contribution in [3.8, 4) is 0 Å². The van der Waals surface area contributed by atoms with Gasteiger partial charge in [-0.05, 0) is 31.0 Å². The van der Waals surface area contributed by atoms with Crippen LogP contribution in [0.1, 0.15) is 37.1 Å². The van der Waals surface area contributed by atoms with E-state index < -0.39 is 0 Å². The van der Waals surface area contributed by atoms with E-state index in [1.54, 1.807) is 0 Å². The Kier molecular flexibility index (Phi) is 5.86. The molecule has 0 atom stereocenters. The number of nitrogens with zero attached hydrogens (tertiary/aromatic N) is 1. The summed E-state index contributed by atoms with van der Waals surface area (Å²) in [6.45, 7) is 12.0. The predicted octanol–water partition coefficient (Wildman–Crippen LogP) is 3.76. The average molecular weight is 177 g/mol. The van der Waals surface area contributed by atoms with Crippen molar-refractivity contribution in [3.63, 3.8) is 0 Å². The molecule has 0 aromatic carbocycles. The Hall–Kier alpha value is -1.11. The van der Waals surface area contributed by atoms with Crippen molar-refractivity contribution in [2.45, 2.75) is 34.1 Å². The lowest BCUT2D eigenvalue weighted by molar-refractivity contribution is 1.09. The van der Waals surface area contributed by atoms with Crippen LogP contribution in [-0.4, -0.2) is 4.98 Å². The molecule has 0 amide bonds. The minimum absolute atomic E-state index is 1.05. The topological polar surface area (TPSA) is 12.9 Å². The van der Waals surface area contributed by atoms with Crippen LogP contribution in [0.25, 0.3) is 6.08 Å². The third-order valence-electron chi connectivity index (χ3n) is 1.61. The Labute approximate surface area is 81.5 Å². The summed E-state index contributed by atoms with van der Waals surface area (Å²) in [5.41, 5.74) is 3.44. The molecule has 0 N–H and O–H groups in total. The fourth-order valence-corrected chi connectivity index (χ4v) is 1.01. The molecule has 0 bridgehead atoms. The summed E-state index contributed by atoms with van der Waals surface area (Å²) in [5, 5.41) is 0. The van der Waals surface area contributed by atoms with E-state index in [2.05, 4.69) is 32.3 Å². The smallest absolute Gasteiger partial charge is 0.0447 e. The second-order valence-corrected chi connectivity index (χ2v) is 3.04. The van der Waals surface area contributed by atoms with Gasteiger partial charge in [-0.3, -0.25) is 4.98 Å². The maximum absolute atomic E-state index is 4.14. The van der Waals surface area contributed by atoms with Crippen LogP contribution in [0.15, 0.2) is 18.8 Å². The molecule has 0 aliphatic heterocycles. The van der Waals surface area contributed by atoms with Crippen LogP contribution in [0, 0.1) is 13.8 Å². The van der Waals surface area contributed by atoms with Gasteiger partial charge < -0.3 is 0 Å². The maximum Gasteiger partial charge on any atom is 0.0447 e. The Bertz CT molecular complexity index is 244. The molecule has 0 aliphatic carbocycles. The lowest BCUT2D eigenvalue weighted by Crippen LogP contribution is -1.88. The van der Waals surface area contributed by atoms with Crippen molar-refractivity contribution in [1.29, 1.82) is 0 Å². The van der Waals surface area contributed by atoms with E-state index in [1.807, 2.05) is 25.3 Å². The molecule has 0 saturated carbocycles. The minimum Gasteiger partial charge on any atom is -0.261 e. The normalized spacial score (nSPS) is 8.62. The molecule has 1 aromatic rings. The second-order valence-electron chi connectivity index (χ2n) is 3.04. The summed E-state index contributed by atoms with van der Waals surface area (Å²) >= 11 is 0. The fraction of sp³-hybridized carbons (Fsp3) is 0.417. The largest absolute Gasteiger partial charge is 0.261 e. The van der Waals surface area contributed by atoms with Crippen molar-refractivity contribution in [1.82, 2.24) is 4.98 Å². The van der Waals surface area contributed by atoms with Crippen molar-refractivity contribution in [2.24, 2.45) is 0 Å². The van der Waals surface area contributed by atoms with Crippen LogP contribution in [-0.2, 0) is 0 Å². The molecule has 0 saturated heterocycles. The van der Waals surface area contributed by atoms with Crippen LogP contribution in [0.4, 0.5) is 0 Å². The number of rotatable bonds is 1. The molecular weight excluding hydrogens is 158 g/mol. The number of pyridine rings is 1. The second kappa shape index (κ2) is 6.41. The SMILES string of the molecule is C=Cc1c(C)ccnc1C.CCC. The van der Waals surface area contributed by atoms with E-state index in [0.717, 1.165) is 11.3 Å². The quantitative estimate of drug-likeness (QED) is 0.636. The van der Waals surface area contributed by atoms with Crippen LogP contribution in [0.3, 0.4) is 0 Å². The molecule has 1 heterocycles. The number of hydrogen-bond donors (Lipinski definition) is 0. The van der Waals surface area contributed by atoms with E-state index in [4.69, 9.17) is 0 Å². The lowest BCUT2D eigenvalue weighted by atomic mass is 10.1. The van der Waals surface area contributed by atoms with E-state index in [9.17, 15) is 0 Å². The summed E-state index contributed by atoms with van der Waals surface area (Å²) in [5.74, 6) is 0. The van der Waals surface area contributed by atoms with Gasteiger partial charge in [0.25, 0.3) is 0 Å². The maximum atomic E-state index is 4.14. The van der Waals surface area contributed by atoms with E-state index in [1.165, 1.54) is 12.0 Å². The summed E-state index contributed by atoms with van der Waals surface area (Å²) < 4.78 is 0. The Balaban J connectivity index is 0.000000424. The highest BCUT2D eigenvalue weighted by atomic mass is 14.7. The van der Waals surface area contributed by atoms with Gasteiger partial charge in [0.2, 0.25) is 0 Å². The highest BCUT2D eigenvalue weighted by Gasteiger charge is 1.95. The van der Waals surface area contributed by atoms with Crippen LogP contribution in [0.5, 0.6) is 0 Å². The van der Waals surface area contributed by atoms with Gasteiger partial charge in [-0.15, -0.1) is 0 Å². The Morgan fingerprint density at radius 2 is 1.92 bits per heavy atom. The first-order valence-electron chi connectivity index (χ1n) is 4.71. The lowest BCUT2D eigenvalue weighted by Gasteiger charge is -2.01. The van der Waals surface area contributed by atoms with Gasteiger partial charge in [-0.2, -0.15) is 0 Å². The summed E-state index contributed by atoms with van der Waals surface area (Å²) in [6, 6.07) is 1.99. The summed E-state index contributed by atoms with van der Waals surface area (Å²) in [7, 11) is 0.